The average Bonchev–Trinajstić information content (AvgIpc) is 3.33. The summed E-state index contributed by atoms with van der Waals surface area (Å²) in [7, 11) is -3.73. The van der Waals surface area contributed by atoms with Crippen LogP contribution in [0.4, 0.5) is 11.4 Å². The largest absolute Gasteiger partial charge is 0.354 e. The normalized spacial score (nSPS) is 14.2. The van der Waals surface area contributed by atoms with E-state index >= 15 is 0 Å². The quantitative estimate of drug-likeness (QED) is 0.512. The highest BCUT2D eigenvalue weighted by Crippen LogP contribution is 2.32. The van der Waals surface area contributed by atoms with Crippen molar-refractivity contribution in [2.24, 2.45) is 5.92 Å². The van der Waals surface area contributed by atoms with Crippen LogP contribution >= 0.6 is 22.9 Å². The van der Waals surface area contributed by atoms with Crippen LogP contribution in [-0.4, -0.2) is 19.5 Å². The molecule has 30 heavy (non-hydrogen) atoms. The number of aromatic nitrogens is 1. The van der Waals surface area contributed by atoms with E-state index in [1.165, 1.54) is 12.1 Å². The van der Waals surface area contributed by atoms with Crippen LogP contribution < -0.4 is 10.0 Å². The number of carbonyl (C=O) groups excluding carboxylic acids is 1. The highest BCUT2D eigenvalue weighted by molar-refractivity contribution is 7.94. The molecule has 0 radical (unpaired) electrons. The molecule has 2 aromatic heterocycles. The van der Waals surface area contributed by atoms with Gasteiger partial charge in [0.15, 0.2) is 5.76 Å². The van der Waals surface area contributed by atoms with E-state index in [0.717, 1.165) is 24.2 Å². The topological polar surface area (TPSA) is 101 Å². The average molecular weight is 464 g/mol. The maximum Gasteiger partial charge on any atom is 0.271 e. The molecule has 0 spiro atoms. The summed E-state index contributed by atoms with van der Waals surface area (Å²) < 4.78 is 33.2. The summed E-state index contributed by atoms with van der Waals surface area (Å²) in [6.45, 7) is 1.75. The number of thiophene rings is 1. The lowest BCUT2D eigenvalue weighted by Crippen LogP contribution is -2.14. The first kappa shape index (κ1) is 20.6. The minimum absolute atomic E-state index is 0.0347. The summed E-state index contributed by atoms with van der Waals surface area (Å²) in [6.07, 6.45) is 5.18. The molecule has 156 valence electrons. The standard InChI is InChI=1S/C20H18ClN3O4S2/c1-12-19(22-20(25)13-5-6-13)17(28-23-12)9-7-16-8-10-18(29-16)30(26,27)24-15-4-2-3-14(21)11-15/h2-4,7-11,13,24H,5-6H2,1H3,(H,22,25). The fourth-order valence-corrected chi connectivity index (χ4v) is 5.18. The molecule has 10 heteroatoms. The van der Waals surface area contributed by atoms with Gasteiger partial charge in [0.25, 0.3) is 10.0 Å². The summed E-state index contributed by atoms with van der Waals surface area (Å²) in [5, 5.41) is 7.21. The van der Waals surface area contributed by atoms with E-state index < -0.39 is 10.0 Å². The molecule has 1 aliphatic carbocycles. The minimum Gasteiger partial charge on any atom is -0.354 e. The highest BCUT2D eigenvalue weighted by Gasteiger charge is 2.30. The van der Waals surface area contributed by atoms with Crippen LogP contribution in [-0.2, 0) is 14.8 Å². The number of carbonyl (C=O) groups is 1. The number of hydrogen-bond acceptors (Lipinski definition) is 6. The SMILES string of the molecule is Cc1noc(C=Cc2ccc(S(=O)(=O)Nc3cccc(Cl)c3)s2)c1NC(=O)C1CC1. The van der Waals surface area contributed by atoms with Crippen molar-refractivity contribution in [2.75, 3.05) is 10.0 Å². The van der Waals surface area contributed by atoms with E-state index in [4.69, 9.17) is 16.1 Å². The molecule has 0 atom stereocenters. The summed E-state index contributed by atoms with van der Waals surface area (Å²) in [5.74, 6) is 0.442. The van der Waals surface area contributed by atoms with Gasteiger partial charge in [0, 0.05) is 15.8 Å². The number of aryl methyl sites for hydroxylation is 1. The zero-order valence-corrected chi connectivity index (χ0v) is 18.3. The van der Waals surface area contributed by atoms with Gasteiger partial charge in [-0.3, -0.25) is 9.52 Å². The highest BCUT2D eigenvalue weighted by atomic mass is 35.5. The molecule has 2 heterocycles. The molecule has 1 fully saturated rings. The Labute approximate surface area is 182 Å². The predicted molar refractivity (Wildman–Crippen MR) is 118 cm³/mol. The lowest BCUT2D eigenvalue weighted by atomic mass is 10.2. The van der Waals surface area contributed by atoms with Crippen molar-refractivity contribution in [3.05, 3.63) is 57.8 Å². The Morgan fingerprint density at radius 3 is 2.80 bits per heavy atom. The Bertz CT molecular complexity index is 1230. The van der Waals surface area contributed by atoms with E-state index in [-0.39, 0.29) is 16.0 Å². The van der Waals surface area contributed by atoms with Crippen LogP contribution in [0.3, 0.4) is 0 Å². The molecule has 4 rings (SSSR count). The van der Waals surface area contributed by atoms with Gasteiger partial charge in [-0.15, -0.1) is 11.3 Å². The van der Waals surface area contributed by atoms with Crippen molar-refractivity contribution in [3.8, 4) is 0 Å². The minimum atomic E-state index is -3.73. The first-order valence-electron chi connectivity index (χ1n) is 9.15. The Morgan fingerprint density at radius 2 is 2.07 bits per heavy atom. The lowest BCUT2D eigenvalue weighted by molar-refractivity contribution is -0.117. The number of hydrogen-bond donors (Lipinski definition) is 2. The number of nitrogens with zero attached hydrogens (tertiary/aromatic N) is 1. The molecule has 1 aromatic carbocycles. The van der Waals surface area contributed by atoms with Gasteiger partial charge in [-0.2, -0.15) is 0 Å². The molecular weight excluding hydrogens is 446 g/mol. The van der Waals surface area contributed by atoms with Crippen molar-refractivity contribution >= 4 is 62.4 Å². The Balaban J connectivity index is 1.49. The molecule has 7 nitrogen and oxygen atoms in total. The zero-order chi connectivity index (χ0) is 21.3. The molecule has 1 aliphatic rings. The summed E-state index contributed by atoms with van der Waals surface area (Å²) in [5.41, 5.74) is 1.51. The number of benzene rings is 1. The monoisotopic (exact) mass is 463 g/mol. The van der Waals surface area contributed by atoms with Gasteiger partial charge in [-0.05, 0) is 62.2 Å². The summed E-state index contributed by atoms with van der Waals surface area (Å²) in [4.78, 5) is 12.8. The van der Waals surface area contributed by atoms with Crippen molar-refractivity contribution in [3.63, 3.8) is 0 Å². The van der Waals surface area contributed by atoms with Crippen LogP contribution in [0.15, 0.2) is 45.1 Å². The predicted octanol–water partition coefficient (Wildman–Crippen LogP) is 5.02. The maximum absolute atomic E-state index is 12.6. The molecule has 0 bridgehead atoms. The smallest absolute Gasteiger partial charge is 0.271 e. The molecule has 2 N–H and O–H groups in total. The van der Waals surface area contributed by atoms with E-state index in [9.17, 15) is 13.2 Å². The number of nitrogens with one attached hydrogen (secondary N) is 2. The van der Waals surface area contributed by atoms with Crippen molar-refractivity contribution in [1.82, 2.24) is 5.16 Å². The number of halogens is 1. The van der Waals surface area contributed by atoms with Crippen LogP contribution in [0, 0.1) is 12.8 Å². The van der Waals surface area contributed by atoms with Gasteiger partial charge < -0.3 is 9.84 Å². The van der Waals surface area contributed by atoms with Crippen LogP contribution in [0.2, 0.25) is 5.02 Å². The number of amides is 1. The van der Waals surface area contributed by atoms with Gasteiger partial charge >= 0.3 is 0 Å². The summed E-state index contributed by atoms with van der Waals surface area (Å²) in [6, 6.07) is 9.72. The molecule has 1 saturated carbocycles. The first-order chi connectivity index (χ1) is 14.3. The van der Waals surface area contributed by atoms with Gasteiger partial charge in [0.1, 0.15) is 15.6 Å². The van der Waals surface area contributed by atoms with Gasteiger partial charge in [0.05, 0.1) is 5.69 Å². The summed E-state index contributed by atoms with van der Waals surface area (Å²) >= 11 is 7.01. The van der Waals surface area contributed by atoms with Crippen LogP contribution in [0.1, 0.15) is 29.2 Å². The molecule has 0 unspecified atom stereocenters. The molecule has 3 aromatic rings. The van der Waals surface area contributed by atoms with Gasteiger partial charge in [0.2, 0.25) is 5.91 Å². The van der Waals surface area contributed by atoms with E-state index in [1.54, 1.807) is 43.3 Å². The number of sulfonamides is 1. The third kappa shape index (κ3) is 4.75. The molecular formula is C20H18ClN3O4S2. The Hall–Kier alpha value is -2.62. The van der Waals surface area contributed by atoms with E-state index in [1.807, 2.05) is 0 Å². The van der Waals surface area contributed by atoms with Crippen molar-refractivity contribution in [2.45, 2.75) is 24.0 Å². The zero-order valence-electron chi connectivity index (χ0n) is 15.9. The molecule has 1 amide bonds. The second-order valence-corrected chi connectivity index (χ2v) is 10.3. The number of rotatable bonds is 7. The fourth-order valence-electron chi connectivity index (χ4n) is 2.71. The second kappa shape index (κ2) is 8.25. The third-order valence-corrected chi connectivity index (χ3v) is 7.59. The maximum atomic E-state index is 12.6. The van der Waals surface area contributed by atoms with Crippen molar-refractivity contribution < 1.29 is 17.7 Å². The molecule has 0 saturated heterocycles. The Morgan fingerprint density at radius 1 is 1.27 bits per heavy atom. The molecule has 0 aliphatic heterocycles. The van der Waals surface area contributed by atoms with Crippen LogP contribution in [0.25, 0.3) is 12.2 Å². The van der Waals surface area contributed by atoms with Gasteiger partial charge in [-0.1, -0.05) is 22.8 Å². The number of anilines is 2. The fraction of sp³-hybridized carbons (Fsp3) is 0.200. The third-order valence-electron chi connectivity index (χ3n) is 4.43. The Kier molecular flexibility index (Phi) is 5.68. The van der Waals surface area contributed by atoms with Gasteiger partial charge in [-0.25, -0.2) is 8.42 Å². The first-order valence-corrected chi connectivity index (χ1v) is 11.8. The lowest BCUT2D eigenvalue weighted by Gasteiger charge is -2.06. The van der Waals surface area contributed by atoms with Crippen molar-refractivity contribution in [1.29, 1.82) is 0 Å². The van der Waals surface area contributed by atoms with Crippen LogP contribution in [0.5, 0.6) is 0 Å². The second-order valence-electron chi connectivity index (χ2n) is 6.88. The van der Waals surface area contributed by atoms with E-state index in [0.29, 0.717) is 32.7 Å². The van der Waals surface area contributed by atoms with E-state index in [2.05, 4.69) is 15.2 Å².